The van der Waals surface area contributed by atoms with Crippen molar-refractivity contribution in [2.24, 2.45) is 5.92 Å². The van der Waals surface area contributed by atoms with Gasteiger partial charge in [0.15, 0.2) is 11.7 Å². The highest BCUT2D eigenvalue weighted by molar-refractivity contribution is 7.09. The molecular weight excluding hydrogens is 244 g/mol. The lowest BCUT2D eigenvalue weighted by Gasteiger charge is -2.02. The van der Waals surface area contributed by atoms with Crippen LogP contribution in [0.3, 0.4) is 0 Å². The number of hydrogen-bond donors (Lipinski definition) is 0. The molecule has 0 radical (unpaired) electrons. The van der Waals surface area contributed by atoms with Crippen molar-refractivity contribution in [1.29, 1.82) is 5.26 Å². The van der Waals surface area contributed by atoms with Crippen LogP contribution in [0.5, 0.6) is 0 Å². The summed E-state index contributed by atoms with van der Waals surface area (Å²) < 4.78 is 0. The summed E-state index contributed by atoms with van der Waals surface area (Å²) >= 11 is 1.39. The van der Waals surface area contributed by atoms with Crippen LogP contribution in [-0.4, -0.2) is 10.8 Å². The number of carbonyl (C=O) groups excluding carboxylic acids is 1. The fourth-order valence-electron chi connectivity index (χ4n) is 2.24. The Balaban J connectivity index is 2.14. The number of aryl methyl sites for hydroxylation is 1. The van der Waals surface area contributed by atoms with E-state index in [1.807, 2.05) is 12.3 Å². The van der Waals surface area contributed by atoms with Crippen LogP contribution in [0.15, 0.2) is 17.0 Å². The van der Waals surface area contributed by atoms with Gasteiger partial charge in [0.25, 0.3) is 0 Å². The molecule has 0 N–H and O–H groups in total. The third-order valence-corrected chi connectivity index (χ3v) is 4.24. The Morgan fingerprint density at radius 2 is 2.50 bits per heavy atom. The largest absolute Gasteiger partial charge is 0.293 e. The average Bonchev–Trinajstić information content (AvgIpc) is 2.89. The maximum atomic E-state index is 12.1. The number of allylic oxidation sites excluding steroid dienone is 2. The molecule has 2 atom stereocenters. The molecule has 0 amide bonds. The lowest BCUT2D eigenvalue weighted by molar-refractivity contribution is -0.114. The summed E-state index contributed by atoms with van der Waals surface area (Å²) in [4.78, 5) is 16.4. The second kappa shape index (κ2) is 5.45. The minimum Gasteiger partial charge on any atom is -0.293 e. The van der Waals surface area contributed by atoms with Crippen molar-refractivity contribution in [3.63, 3.8) is 0 Å². The van der Waals surface area contributed by atoms with Gasteiger partial charge in [-0.2, -0.15) is 5.26 Å². The zero-order valence-electron chi connectivity index (χ0n) is 10.6. The first-order valence-electron chi connectivity index (χ1n) is 6.15. The van der Waals surface area contributed by atoms with Gasteiger partial charge in [-0.1, -0.05) is 12.5 Å². The van der Waals surface area contributed by atoms with Gasteiger partial charge in [0.2, 0.25) is 0 Å². The monoisotopic (exact) mass is 260 g/mol. The molecule has 0 aliphatic heterocycles. The van der Waals surface area contributed by atoms with Gasteiger partial charge in [-0.05, 0) is 38.2 Å². The molecule has 0 saturated heterocycles. The van der Waals surface area contributed by atoms with E-state index in [1.54, 1.807) is 6.08 Å². The summed E-state index contributed by atoms with van der Waals surface area (Å²) in [5.41, 5.74) is 2.05. The number of hydrogen-bond acceptors (Lipinski definition) is 4. The zero-order valence-corrected chi connectivity index (χ0v) is 11.5. The van der Waals surface area contributed by atoms with Crippen LogP contribution in [-0.2, 0) is 4.79 Å². The van der Waals surface area contributed by atoms with E-state index in [4.69, 9.17) is 5.26 Å². The van der Waals surface area contributed by atoms with Crippen LogP contribution < -0.4 is 0 Å². The first kappa shape index (κ1) is 13.0. The minimum atomic E-state index is -0.730. The van der Waals surface area contributed by atoms with Crippen LogP contribution in [0.2, 0.25) is 0 Å². The van der Waals surface area contributed by atoms with E-state index >= 15 is 0 Å². The molecule has 1 fully saturated rings. The molecule has 2 rings (SSSR count). The molecule has 0 spiro atoms. The van der Waals surface area contributed by atoms with E-state index in [0.29, 0.717) is 10.9 Å². The maximum Gasteiger partial charge on any atom is 0.179 e. The summed E-state index contributed by atoms with van der Waals surface area (Å²) in [7, 11) is 0. The third kappa shape index (κ3) is 2.85. The molecule has 0 unspecified atom stereocenters. The van der Waals surface area contributed by atoms with Gasteiger partial charge in [-0.15, -0.1) is 11.3 Å². The third-order valence-electron chi connectivity index (χ3n) is 3.21. The maximum absolute atomic E-state index is 12.1. The number of ketones is 1. The number of nitriles is 1. The van der Waals surface area contributed by atoms with E-state index < -0.39 is 5.92 Å². The Bertz CT molecular complexity index is 524. The van der Waals surface area contributed by atoms with Crippen molar-refractivity contribution in [1.82, 2.24) is 4.98 Å². The second-order valence-electron chi connectivity index (χ2n) is 4.94. The first-order chi connectivity index (χ1) is 8.60. The number of rotatable bonds is 3. The summed E-state index contributed by atoms with van der Waals surface area (Å²) in [6.45, 7) is 4.06. The Kier molecular flexibility index (Phi) is 3.93. The van der Waals surface area contributed by atoms with Gasteiger partial charge in [0.1, 0.15) is 5.01 Å². The summed E-state index contributed by atoms with van der Waals surface area (Å²) in [5, 5.41) is 11.6. The lowest BCUT2D eigenvalue weighted by atomic mass is 10.0. The minimum absolute atomic E-state index is 0.115. The fourth-order valence-corrected chi connectivity index (χ4v) is 3.09. The molecular formula is C14H16N2OS. The number of nitrogens with zero attached hydrogens (tertiary/aromatic N) is 2. The fraction of sp³-hybridized carbons (Fsp3) is 0.500. The molecule has 1 saturated carbocycles. The van der Waals surface area contributed by atoms with Gasteiger partial charge in [-0.25, -0.2) is 4.98 Å². The van der Waals surface area contributed by atoms with Crippen LogP contribution in [0, 0.1) is 24.2 Å². The van der Waals surface area contributed by atoms with E-state index in [-0.39, 0.29) is 5.78 Å². The topological polar surface area (TPSA) is 53.8 Å². The van der Waals surface area contributed by atoms with Gasteiger partial charge < -0.3 is 0 Å². The normalized spacial score (nSPS) is 22.9. The van der Waals surface area contributed by atoms with Crippen molar-refractivity contribution >= 4 is 17.1 Å². The first-order valence-corrected chi connectivity index (χ1v) is 7.03. The quantitative estimate of drug-likeness (QED) is 0.783. The molecule has 1 aromatic heterocycles. The molecule has 1 aliphatic carbocycles. The number of thiazole rings is 1. The highest BCUT2D eigenvalue weighted by Crippen LogP contribution is 2.30. The summed E-state index contributed by atoms with van der Waals surface area (Å²) in [5.74, 6) is -0.185. The van der Waals surface area contributed by atoms with Crippen LogP contribution in [0.4, 0.5) is 0 Å². The SMILES string of the molecule is Cc1csc([C@H](C#N)C(=O)/C=C2\CC[C@@H](C)C2)n1. The Labute approximate surface area is 111 Å². The van der Waals surface area contributed by atoms with E-state index in [0.717, 1.165) is 25.0 Å². The Morgan fingerprint density at radius 3 is 3.00 bits per heavy atom. The van der Waals surface area contributed by atoms with E-state index in [1.165, 1.54) is 16.9 Å². The molecule has 4 heteroatoms. The predicted molar refractivity (Wildman–Crippen MR) is 71.3 cm³/mol. The van der Waals surface area contributed by atoms with Crippen LogP contribution >= 0.6 is 11.3 Å². The van der Waals surface area contributed by atoms with Gasteiger partial charge in [0.05, 0.1) is 6.07 Å². The number of aromatic nitrogens is 1. The van der Waals surface area contributed by atoms with Crippen molar-refractivity contribution in [2.75, 3.05) is 0 Å². The standard InChI is InChI=1S/C14H16N2OS/c1-9-3-4-11(5-9)6-13(17)12(7-15)14-16-10(2)8-18-14/h6,8-9,12H,3-5H2,1-2H3/b11-6+/t9-,12-/m1/s1. The summed E-state index contributed by atoms with van der Waals surface area (Å²) in [6.07, 6.45) is 4.80. The molecule has 94 valence electrons. The molecule has 0 bridgehead atoms. The van der Waals surface area contributed by atoms with Crippen LogP contribution in [0.1, 0.15) is 42.8 Å². The lowest BCUT2D eigenvalue weighted by Crippen LogP contribution is -2.08. The molecule has 0 aromatic carbocycles. The summed E-state index contributed by atoms with van der Waals surface area (Å²) in [6, 6.07) is 2.07. The van der Waals surface area contributed by atoms with Crippen molar-refractivity contribution < 1.29 is 4.79 Å². The predicted octanol–water partition coefficient (Wildman–Crippen LogP) is 3.37. The Morgan fingerprint density at radius 1 is 1.72 bits per heavy atom. The highest BCUT2D eigenvalue weighted by atomic mass is 32.1. The highest BCUT2D eigenvalue weighted by Gasteiger charge is 2.23. The van der Waals surface area contributed by atoms with Crippen molar-refractivity contribution in [3.8, 4) is 6.07 Å². The van der Waals surface area contributed by atoms with Crippen molar-refractivity contribution in [3.05, 3.63) is 27.7 Å². The van der Waals surface area contributed by atoms with Gasteiger partial charge >= 0.3 is 0 Å². The Hall–Kier alpha value is -1.47. The van der Waals surface area contributed by atoms with E-state index in [9.17, 15) is 4.79 Å². The second-order valence-corrected chi connectivity index (χ2v) is 5.83. The molecule has 1 heterocycles. The molecule has 18 heavy (non-hydrogen) atoms. The molecule has 1 aromatic rings. The van der Waals surface area contributed by atoms with Gasteiger partial charge in [0, 0.05) is 11.1 Å². The van der Waals surface area contributed by atoms with E-state index in [2.05, 4.69) is 18.0 Å². The van der Waals surface area contributed by atoms with Crippen molar-refractivity contribution in [2.45, 2.75) is 39.0 Å². The smallest absolute Gasteiger partial charge is 0.179 e. The number of carbonyl (C=O) groups is 1. The zero-order chi connectivity index (χ0) is 13.1. The molecule has 1 aliphatic rings. The molecule has 3 nitrogen and oxygen atoms in total. The average molecular weight is 260 g/mol. The van der Waals surface area contributed by atoms with Gasteiger partial charge in [-0.3, -0.25) is 4.79 Å². The van der Waals surface area contributed by atoms with Crippen LogP contribution in [0.25, 0.3) is 0 Å².